The molecule has 50 valence electrons. The van der Waals surface area contributed by atoms with E-state index in [9.17, 15) is 0 Å². The molecule has 0 bridgehead atoms. The van der Waals surface area contributed by atoms with E-state index < -0.39 is 5.79 Å². The number of hydrogen-bond acceptors (Lipinski definition) is 5. The van der Waals surface area contributed by atoms with E-state index in [-0.39, 0.29) is 0 Å². The summed E-state index contributed by atoms with van der Waals surface area (Å²) in [6, 6.07) is 0. The molecule has 0 radical (unpaired) electrons. The van der Waals surface area contributed by atoms with Gasteiger partial charge in [0.1, 0.15) is 18.4 Å². The minimum Gasteiger partial charge on any atom is -0.283 e. The predicted molar refractivity (Wildman–Crippen MR) is 39.8 cm³/mol. The van der Waals surface area contributed by atoms with Gasteiger partial charge in [-0.05, 0) is 0 Å². The first kappa shape index (κ1) is 5.43. The topological polar surface area (TPSA) is 75.5 Å². The number of rotatable bonds is 0. The summed E-state index contributed by atoms with van der Waals surface area (Å²) in [5, 5.41) is 0. The number of nitrogens with zero attached hydrogens (tertiary/aromatic N) is 4. The number of nitrogens with two attached hydrogens (primary N) is 1. The van der Waals surface area contributed by atoms with Crippen LogP contribution in [0.1, 0.15) is 0 Å². The van der Waals surface area contributed by atoms with Crippen LogP contribution in [0.2, 0.25) is 0 Å². The monoisotopic (exact) mass is 135 g/mol. The minimum absolute atomic E-state index is 0.593. The summed E-state index contributed by atoms with van der Waals surface area (Å²) in [6.45, 7) is 0. The van der Waals surface area contributed by atoms with Gasteiger partial charge in [-0.15, -0.1) is 0 Å². The SMILES string of the molecule is NC12N=CN=CC1=NC=N2. The van der Waals surface area contributed by atoms with Crippen LogP contribution in [-0.2, 0) is 0 Å². The lowest BCUT2D eigenvalue weighted by Gasteiger charge is -2.16. The van der Waals surface area contributed by atoms with Crippen molar-refractivity contribution in [2.45, 2.75) is 5.79 Å². The maximum absolute atomic E-state index is 5.65. The van der Waals surface area contributed by atoms with Crippen molar-refractivity contribution in [1.29, 1.82) is 0 Å². The van der Waals surface area contributed by atoms with Crippen LogP contribution in [-0.4, -0.2) is 30.4 Å². The van der Waals surface area contributed by atoms with E-state index in [1.54, 1.807) is 6.21 Å². The molecule has 10 heavy (non-hydrogen) atoms. The van der Waals surface area contributed by atoms with E-state index in [1.807, 2.05) is 0 Å². The Bertz CT molecular complexity index is 274. The summed E-state index contributed by atoms with van der Waals surface area (Å²) in [6.07, 6.45) is 4.33. The van der Waals surface area contributed by atoms with E-state index in [0.29, 0.717) is 5.71 Å². The number of aliphatic imine (C=N–C) groups is 4. The van der Waals surface area contributed by atoms with Crippen molar-refractivity contribution in [3.63, 3.8) is 0 Å². The largest absolute Gasteiger partial charge is 0.283 e. The maximum atomic E-state index is 5.65. The molecule has 0 aromatic heterocycles. The van der Waals surface area contributed by atoms with Gasteiger partial charge in [-0.25, -0.2) is 20.0 Å². The van der Waals surface area contributed by atoms with Crippen LogP contribution in [0.3, 0.4) is 0 Å². The quantitative estimate of drug-likeness (QED) is 0.463. The van der Waals surface area contributed by atoms with E-state index in [0.717, 1.165) is 0 Å². The van der Waals surface area contributed by atoms with E-state index in [2.05, 4.69) is 20.0 Å². The zero-order valence-corrected chi connectivity index (χ0v) is 5.10. The number of hydrogen-bond donors (Lipinski definition) is 1. The Hall–Kier alpha value is -1.36. The smallest absolute Gasteiger partial charge is 0.250 e. The molecular weight excluding hydrogens is 130 g/mol. The Morgan fingerprint density at radius 1 is 1.30 bits per heavy atom. The standard InChI is InChI=1S/C5H5N5/c6-5-4(8-3-10-5)1-7-2-9-5/h1-3H,6H2. The van der Waals surface area contributed by atoms with Gasteiger partial charge >= 0.3 is 0 Å². The minimum atomic E-state index is -0.970. The zero-order valence-electron chi connectivity index (χ0n) is 5.10. The van der Waals surface area contributed by atoms with Gasteiger partial charge in [-0.3, -0.25) is 5.73 Å². The fraction of sp³-hybridized carbons (Fsp3) is 0.200. The normalized spacial score (nSPS) is 34.3. The molecule has 0 aliphatic carbocycles. The highest BCUT2D eigenvalue weighted by molar-refractivity contribution is 6.39. The molecule has 2 aliphatic heterocycles. The third-order valence-corrected chi connectivity index (χ3v) is 1.35. The summed E-state index contributed by atoms with van der Waals surface area (Å²) in [4.78, 5) is 15.3. The van der Waals surface area contributed by atoms with Crippen molar-refractivity contribution in [1.82, 2.24) is 0 Å². The average Bonchev–Trinajstić information content (AvgIpc) is 2.29. The van der Waals surface area contributed by atoms with Gasteiger partial charge in [0, 0.05) is 0 Å². The van der Waals surface area contributed by atoms with Gasteiger partial charge in [0.15, 0.2) is 0 Å². The van der Waals surface area contributed by atoms with E-state index in [1.165, 1.54) is 12.7 Å². The van der Waals surface area contributed by atoms with Crippen LogP contribution in [0, 0.1) is 0 Å². The molecule has 0 fully saturated rings. The first-order valence-corrected chi connectivity index (χ1v) is 2.79. The third-order valence-electron chi connectivity index (χ3n) is 1.35. The molecule has 0 spiro atoms. The predicted octanol–water partition coefficient (Wildman–Crippen LogP) is -0.806. The zero-order chi connectivity index (χ0) is 7.03. The Kier molecular flexibility index (Phi) is 0.853. The van der Waals surface area contributed by atoms with Crippen molar-refractivity contribution < 1.29 is 0 Å². The Morgan fingerprint density at radius 2 is 2.10 bits per heavy atom. The molecule has 2 rings (SSSR count). The lowest BCUT2D eigenvalue weighted by Crippen LogP contribution is -2.44. The third kappa shape index (κ3) is 0.548. The lowest BCUT2D eigenvalue weighted by molar-refractivity contribution is 0.651. The highest BCUT2D eigenvalue weighted by Crippen LogP contribution is 2.12. The van der Waals surface area contributed by atoms with Crippen LogP contribution >= 0.6 is 0 Å². The van der Waals surface area contributed by atoms with Crippen LogP contribution in [0.25, 0.3) is 0 Å². The summed E-state index contributed by atoms with van der Waals surface area (Å²) in [7, 11) is 0. The van der Waals surface area contributed by atoms with E-state index >= 15 is 0 Å². The average molecular weight is 135 g/mol. The fourth-order valence-electron chi connectivity index (χ4n) is 0.793. The Labute approximate surface area is 57.1 Å². The van der Waals surface area contributed by atoms with Gasteiger partial charge < -0.3 is 0 Å². The van der Waals surface area contributed by atoms with Gasteiger partial charge in [0.25, 0.3) is 5.79 Å². The molecule has 2 aliphatic rings. The summed E-state index contributed by atoms with van der Waals surface area (Å²) >= 11 is 0. The van der Waals surface area contributed by atoms with Crippen molar-refractivity contribution in [2.24, 2.45) is 25.7 Å². The summed E-state index contributed by atoms with van der Waals surface area (Å²) < 4.78 is 0. The summed E-state index contributed by atoms with van der Waals surface area (Å²) in [5.74, 6) is -0.970. The maximum Gasteiger partial charge on any atom is 0.250 e. The van der Waals surface area contributed by atoms with Gasteiger partial charge in [0.2, 0.25) is 0 Å². The molecule has 2 N–H and O–H groups in total. The van der Waals surface area contributed by atoms with Crippen molar-refractivity contribution in [2.75, 3.05) is 0 Å². The second-order valence-electron chi connectivity index (χ2n) is 2.01. The molecule has 1 atom stereocenters. The molecule has 1 unspecified atom stereocenters. The molecule has 0 saturated heterocycles. The van der Waals surface area contributed by atoms with Crippen LogP contribution in [0.15, 0.2) is 20.0 Å². The summed E-state index contributed by atoms with van der Waals surface area (Å²) in [5.41, 5.74) is 6.24. The molecule has 0 aromatic carbocycles. The molecule has 5 nitrogen and oxygen atoms in total. The molecule has 0 saturated carbocycles. The Balaban J connectivity index is 2.51. The van der Waals surface area contributed by atoms with Crippen LogP contribution in [0.4, 0.5) is 0 Å². The van der Waals surface area contributed by atoms with Gasteiger partial charge in [0.05, 0.1) is 6.21 Å². The molecular formula is C5H5N5. The fourth-order valence-corrected chi connectivity index (χ4v) is 0.793. The highest BCUT2D eigenvalue weighted by atomic mass is 15.3. The molecule has 5 heteroatoms. The first-order chi connectivity index (χ1) is 4.81. The number of fused-ring (bicyclic) bond motifs is 1. The van der Waals surface area contributed by atoms with Crippen molar-refractivity contribution in [3.05, 3.63) is 0 Å². The Morgan fingerprint density at radius 3 is 2.90 bits per heavy atom. The van der Waals surface area contributed by atoms with Crippen LogP contribution < -0.4 is 5.73 Å². The molecule has 0 aromatic rings. The van der Waals surface area contributed by atoms with Crippen molar-refractivity contribution in [3.8, 4) is 0 Å². The molecule has 0 amide bonds. The van der Waals surface area contributed by atoms with E-state index in [4.69, 9.17) is 5.73 Å². The van der Waals surface area contributed by atoms with Gasteiger partial charge in [-0.1, -0.05) is 0 Å². The first-order valence-electron chi connectivity index (χ1n) is 2.79. The lowest BCUT2D eigenvalue weighted by atomic mass is 10.2. The van der Waals surface area contributed by atoms with Crippen molar-refractivity contribution >= 4 is 24.6 Å². The van der Waals surface area contributed by atoms with Crippen LogP contribution in [0.5, 0.6) is 0 Å². The second kappa shape index (κ2) is 1.57. The van der Waals surface area contributed by atoms with Gasteiger partial charge in [-0.2, -0.15) is 0 Å². The molecule has 2 heterocycles. The highest BCUT2D eigenvalue weighted by Gasteiger charge is 2.32. The second-order valence-corrected chi connectivity index (χ2v) is 2.01.